The zero-order valence-electron chi connectivity index (χ0n) is 17.1. The highest BCUT2D eigenvalue weighted by atomic mass is 32.2. The van der Waals surface area contributed by atoms with Crippen LogP contribution in [0.5, 0.6) is 0 Å². The maximum Gasteiger partial charge on any atom is 0.352 e. The highest BCUT2D eigenvalue weighted by Crippen LogP contribution is 2.40. The molecule has 0 aliphatic carbocycles. The van der Waals surface area contributed by atoms with Crippen molar-refractivity contribution in [2.45, 2.75) is 18.0 Å². The van der Waals surface area contributed by atoms with Crippen LogP contribution in [-0.4, -0.2) is 67.4 Å². The van der Waals surface area contributed by atoms with Gasteiger partial charge >= 0.3 is 5.97 Å². The van der Waals surface area contributed by atoms with Gasteiger partial charge in [0.25, 0.3) is 11.8 Å². The van der Waals surface area contributed by atoms with Gasteiger partial charge in [-0.3, -0.25) is 14.5 Å². The number of amides is 2. The van der Waals surface area contributed by atoms with E-state index in [2.05, 4.69) is 15.5 Å². The van der Waals surface area contributed by atoms with Crippen LogP contribution in [-0.2, 0) is 32.8 Å². The Kier molecular flexibility index (Phi) is 5.88. The largest absolute Gasteiger partial charge is 0.477 e. The molecule has 12 nitrogen and oxygen atoms in total. The number of fused-ring (bicyclic) bond motifs is 1. The van der Waals surface area contributed by atoms with Crippen molar-refractivity contribution in [2.24, 2.45) is 12.2 Å². The number of rotatable bonds is 7. The molecule has 2 aliphatic heterocycles. The van der Waals surface area contributed by atoms with E-state index >= 15 is 0 Å². The van der Waals surface area contributed by atoms with Gasteiger partial charge in [0.1, 0.15) is 36.5 Å². The molecule has 1 fully saturated rings. The number of nitrogens with two attached hydrogens (primary N) is 1. The second-order valence-electron chi connectivity index (χ2n) is 6.97. The lowest BCUT2D eigenvalue weighted by Gasteiger charge is -2.49. The topological polar surface area (TPSA) is 156 Å². The molecule has 0 unspecified atom stereocenters. The fourth-order valence-electron chi connectivity index (χ4n) is 3.52. The first kappa shape index (κ1) is 21.8. The number of hydrogen-bond donors (Lipinski definition) is 3. The SMILES string of the molecule is CON=C(C(=O)N[C@@H]1C(=O)N2C(C(=O)O)=C(Cn3ccc[n+]3C)CS[C@H]12)c1csc(N)n1. The van der Waals surface area contributed by atoms with Gasteiger partial charge in [0.15, 0.2) is 24.1 Å². The zero-order valence-corrected chi connectivity index (χ0v) is 18.7. The first-order chi connectivity index (χ1) is 15.3. The number of β-lactam (4-membered cyclic amide) rings is 1. The minimum absolute atomic E-state index is 0.0454. The number of aromatic nitrogens is 3. The van der Waals surface area contributed by atoms with Gasteiger partial charge in [-0.15, -0.1) is 27.8 Å². The molecule has 0 aromatic carbocycles. The van der Waals surface area contributed by atoms with E-state index in [9.17, 15) is 19.5 Å². The monoisotopic (exact) mass is 478 g/mol. The minimum atomic E-state index is -1.18. The summed E-state index contributed by atoms with van der Waals surface area (Å²) in [4.78, 5) is 47.6. The number of aliphatic carboxylic acids is 1. The van der Waals surface area contributed by atoms with Crippen LogP contribution in [0, 0.1) is 0 Å². The number of nitrogens with one attached hydrogen (secondary N) is 1. The van der Waals surface area contributed by atoms with Gasteiger partial charge in [-0.1, -0.05) is 5.16 Å². The number of nitrogen functional groups attached to an aromatic ring is 1. The van der Waals surface area contributed by atoms with Gasteiger partial charge < -0.3 is 21.0 Å². The van der Waals surface area contributed by atoms with Crippen LogP contribution in [0.4, 0.5) is 5.13 Å². The molecule has 2 aliphatic rings. The van der Waals surface area contributed by atoms with E-state index in [1.165, 1.54) is 23.8 Å². The minimum Gasteiger partial charge on any atom is -0.477 e. The molecule has 1 saturated heterocycles. The average molecular weight is 479 g/mol. The van der Waals surface area contributed by atoms with Crippen molar-refractivity contribution in [3.05, 3.63) is 40.8 Å². The Balaban J connectivity index is 1.54. The number of carboxylic acid groups (broad SMARTS) is 1. The molecule has 4 heterocycles. The fourth-order valence-corrected chi connectivity index (χ4v) is 5.40. The van der Waals surface area contributed by atoms with Gasteiger partial charge in [-0.25, -0.2) is 9.78 Å². The smallest absolute Gasteiger partial charge is 0.352 e. The summed E-state index contributed by atoms with van der Waals surface area (Å²) in [7, 11) is 3.13. The van der Waals surface area contributed by atoms with Crippen LogP contribution in [0.3, 0.4) is 0 Å². The van der Waals surface area contributed by atoms with Crippen LogP contribution in [0.1, 0.15) is 5.69 Å². The number of thioether (sulfide) groups is 1. The Morgan fingerprint density at radius 3 is 2.88 bits per heavy atom. The highest BCUT2D eigenvalue weighted by Gasteiger charge is 2.54. The van der Waals surface area contributed by atoms with E-state index in [1.54, 1.807) is 5.38 Å². The van der Waals surface area contributed by atoms with E-state index in [0.29, 0.717) is 17.9 Å². The van der Waals surface area contributed by atoms with Crippen molar-refractivity contribution in [3.8, 4) is 0 Å². The molecule has 4 rings (SSSR count). The van der Waals surface area contributed by atoms with E-state index < -0.39 is 29.2 Å². The molecule has 4 N–H and O–H groups in total. The zero-order chi connectivity index (χ0) is 23.0. The van der Waals surface area contributed by atoms with E-state index in [1.807, 2.05) is 34.9 Å². The summed E-state index contributed by atoms with van der Waals surface area (Å²) in [5, 5.41) is 17.4. The summed E-state index contributed by atoms with van der Waals surface area (Å²) in [6.45, 7) is 0.335. The molecule has 0 saturated carbocycles. The number of anilines is 1. The van der Waals surface area contributed by atoms with Crippen molar-refractivity contribution in [3.63, 3.8) is 0 Å². The Morgan fingerprint density at radius 2 is 2.28 bits per heavy atom. The van der Waals surface area contributed by atoms with Crippen molar-refractivity contribution >= 4 is 51.7 Å². The summed E-state index contributed by atoms with van der Waals surface area (Å²) in [6.07, 6.45) is 3.67. The lowest BCUT2D eigenvalue weighted by molar-refractivity contribution is -0.752. The lowest BCUT2D eigenvalue weighted by Crippen LogP contribution is -2.71. The van der Waals surface area contributed by atoms with Crippen LogP contribution >= 0.6 is 23.1 Å². The maximum atomic E-state index is 12.9. The third kappa shape index (κ3) is 3.82. The standard InChI is InChI=1S/C18H19N7O5S2/c1-23-4-3-5-24(23)6-9-7-31-16-12(15(27)25(16)13(9)17(28)29)21-14(26)11(22-30-2)10-8-32-18(19)20-10/h3-5,8,12,16H,6-7H2,1-2H3,(H3-,19,20,21,26,28,29)/p+1/t12-,16-/m1/s1. The summed E-state index contributed by atoms with van der Waals surface area (Å²) in [6, 6.07) is 0.944. The first-order valence-corrected chi connectivity index (χ1v) is 11.3. The number of carbonyl (C=O) groups excluding carboxylic acids is 2. The quantitative estimate of drug-likeness (QED) is 0.201. The molecule has 14 heteroatoms. The van der Waals surface area contributed by atoms with Crippen molar-refractivity contribution in [2.75, 3.05) is 18.6 Å². The number of nitrogens with zero attached hydrogens (tertiary/aromatic N) is 5. The van der Waals surface area contributed by atoms with E-state index in [-0.39, 0.29) is 22.2 Å². The number of hydrogen-bond acceptors (Lipinski definition) is 9. The molecule has 0 radical (unpaired) electrons. The van der Waals surface area contributed by atoms with Crippen molar-refractivity contribution in [1.82, 2.24) is 19.9 Å². The Labute approximate surface area is 190 Å². The predicted octanol–water partition coefficient (Wildman–Crippen LogP) is -0.859. The normalized spacial score (nSPS) is 20.6. The molecule has 2 aromatic heterocycles. The molecule has 2 aromatic rings. The average Bonchev–Trinajstić information content (AvgIpc) is 3.37. The summed E-state index contributed by atoms with van der Waals surface area (Å²) < 4.78 is 3.67. The molecule has 2 atom stereocenters. The number of carboxylic acids is 1. The third-order valence-electron chi connectivity index (χ3n) is 5.02. The molecular formula is C18H20N7O5S2+. The van der Waals surface area contributed by atoms with Gasteiger partial charge in [0.2, 0.25) is 0 Å². The van der Waals surface area contributed by atoms with Gasteiger partial charge in [-0.2, -0.15) is 4.68 Å². The Hall–Kier alpha value is -3.39. The third-order valence-corrected chi connectivity index (χ3v) is 7.03. The molecule has 2 amide bonds. The predicted molar refractivity (Wildman–Crippen MR) is 115 cm³/mol. The van der Waals surface area contributed by atoms with E-state index in [4.69, 9.17) is 10.6 Å². The maximum absolute atomic E-state index is 12.9. The molecule has 0 bridgehead atoms. The lowest BCUT2D eigenvalue weighted by atomic mass is 10.0. The van der Waals surface area contributed by atoms with E-state index in [0.717, 1.165) is 11.3 Å². The van der Waals surface area contributed by atoms with Crippen LogP contribution in [0.2, 0.25) is 0 Å². The van der Waals surface area contributed by atoms with Gasteiger partial charge in [0.05, 0.1) is 6.20 Å². The van der Waals surface area contributed by atoms with Crippen molar-refractivity contribution < 1.29 is 29.0 Å². The Morgan fingerprint density at radius 1 is 1.50 bits per heavy atom. The van der Waals surface area contributed by atoms with Crippen molar-refractivity contribution in [1.29, 1.82) is 0 Å². The number of carbonyl (C=O) groups is 3. The second-order valence-corrected chi connectivity index (χ2v) is 8.97. The first-order valence-electron chi connectivity index (χ1n) is 9.36. The Bertz CT molecular complexity index is 1150. The summed E-state index contributed by atoms with van der Waals surface area (Å²) in [5.74, 6) is -1.95. The number of thiazole rings is 1. The van der Waals surface area contributed by atoms with Gasteiger partial charge in [0, 0.05) is 17.2 Å². The summed E-state index contributed by atoms with van der Waals surface area (Å²) in [5.41, 5.74) is 6.29. The highest BCUT2D eigenvalue weighted by molar-refractivity contribution is 8.00. The number of aryl methyl sites for hydroxylation is 1. The molecule has 168 valence electrons. The summed E-state index contributed by atoms with van der Waals surface area (Å²) >= 11 is 2.53. The second kappa shape index (κ2) is 8.63. The fraction of sp³-hybridized carbons (Fsp3) is 0.333. The van der Waals surface area contributed by atoms with Crippen LogP contribution < -0.4 is 15.7 Å². The molecular weight excluding hydrogens is 458 g/mol. The molecule has 32 heavy (non-hydrogen) atoms. The molecule has 0 spiro atoms. The van der Waals surface area contributed by atoms with Crippen LogP contribution in [0.15, 0.2) is 40.3 Å². The number of oxime groups is 1. The van der Waals surface area contributed by atoms with Gasteiger partial charge in [-0.05, 0) is 5.57 Å². The van der Waals surface area contributed by atoms with Crippen LogP contribution in [0.25, 0.3) is 0 Å².